The van der Waals surface area contributed by atoms with Crippen molar-refractivity contribution in [2.75, 3.05) is 0 Å². The molecule has 0 aliphatic carbocycles. The van der Waals surface area contributed by atoms with Gasteiger partial charge in [-0.05, 0) is 29.5 Å². The van der Waals surface area contributed by atoms with Gasteiger partial charge in [-0.1, -0.05) is 12.1 Å². The van der Waals surface area contributed by atoms with Crippen LogP contribution in [0.1, 0.15) is 10.5 Å². The molecule has 0 aliphatic heterocycles. The zero-order valence-corrected chi connectivity index (χ0v) is 10.8. The van der Waals surface area contributed by atoms with Gasteiger partial charge in [0, 0.05) is 4.90 Å². The summed E-state index contributed by atoms with van der Waals surface area (Å²) in [6.07, 6.45) is 0. The number of carboxylic acids is 1. The summed E-state index contributed by atoms with van der Waals surface area (Å²) < 4.78 is 36.5. The highest BCUT2D eigenvalue weighted by Crippen LogP contribution is 2.38. The summed E-state index contributed by atoms with van der Waals surface area (Å²) in [5.41, 5.74) is -2.51. The van der Waals surface area contributed by atoms with Crippen LogP contribution in [0.3, 0.4) is 0 Å². The second-order valence-corrected chi connectivity index (χ2v) is 5.40. The van der Waals surface area contributed by atoms with E-state index >= 15 is 0 Å². The molecule has 0 saturated carbocycles. The Morgan fingerprint density at radius 1 is 1.26 bits per heavy atom. The molecule has 1 heterocycles. The quantitative estimate of drug-likeness (QED) is 0.867. The van der Waals surface area contributed by atoms with Crippen molar-refractivity contribution in [3.8, 4) is 10.4 Å². The standard InChI is InChI=1S/C11H6F3NO2S2/c12-11(13,14)19-7-3-1-6(2-4-7)9-8(10(16)17)15-5-18-9/h1-5H,(H,16,17). The molecular formula is C11H6F3NO2S2. The first kappa shape index (κ1) is 13.9. The van der Waals surface area contributed by atoms with E-state index < -0.39 is 11.5 Å². The molecule has 100 valence electrons. The van der Waals surface area contributed by atoms with E-state index in [1.165, 1.54) is 29.8 Å². The molecule has 0 bridgehead atoms. The normalized spacial score (nSPS) is 11.5. The second kappa shape index (κ2) is 5.22. The highest BCUT2D eigenvalue weighted by atomic mass is 32.2. The Kier molecular flexibility index (Phi) is 3.81. The number of thiazole rings is 1. The predicted molar refractivity (Wildman–Crippen MR) is 66.4 cm³/mol. The predicted octanol–water partition coefficient (Wildman–Crippen LogP) is 4.12. The third kappa shape index (κ3) is 3.48. The summed E-state index contributed by atoms with van der Waals surface area (Å²) in [6, 6.07) is 5.51. The summed E-state index contributed by atoms with van der Waals surface area (Å²) >= 11 is 0.918. The Balaban J connectivity index is 2.28. The van der Waals surface area contributed by atoms with Gasteiger partial charge < -0.3 is 5.11 Å². The first-order chi connectivity index (χ1) is 8.87. The van der Waals surface area contributed by atoms with E-state index in [1.807, 2.05) is 0 Å². The van der Waals surface area contributed by atoms with Crippen LogP contribution in [0.15, 0.2) is 34.7 Å². The van der Waals surface area contributed by atoms with E-state index in [1.54, 1.807) is 0 Å². The zero-order chi connectivity index (χ0) is 14.0. The minimum absolute atomic E-state index is 0.0534. The van der Waals surface area contributed by atoms with Gasteiger partial charge in [0.05, 0.1) is 10.4 Å². The van der Waals surface area contributed by atoms with Gasteiger partial charge in [-0.15, -0.1) is 11.3 Å². The number of benzene rings is 1. The molecule has 1 N–H and O–H groups in total. The molecule has 0 spiro atoms. The highest BCUT2D eigenvalue weighted by Gasteiger charge is 2.29. The zero-order valence-electron chi connectivity index (χ0n) is 9.14. The van der Waals surface area contributed by atoms with Crippen LogP contribution < -0.4 is 0 Å². The molecule has 8 heteroatoms. The molecule has 0 fully saturated rings. The van der Waals surface area contributed by atoms with Gasteiger partial charge in [0.25, 0.3) is 0 Å². The van der Waals surface area contributed by atoms with Crippen LogP contribution in [0.4, 0.5) is 13.2 Å². The molecule has 3 nitrogen and oxygen atoms in total. The number of thioether (sulfide) groups is 1. The number of carboxylic acid groups (broad SMARTS) is 1. The third-order valence-corrected chi connectivity index (χ3v) is 3.73. The number of halogens is 3. The monoisotopic (exact) mass is 305 g/mol. The van der Waals surface area contributed by atoms with Crippen molar-refractivity contribution in [3.63, 3.8) is 0 Å². The fraction of sp³-hybridized carbons (Fsp3) is 0.0909. The Hall–Kier alpha value is -1.54. The van der Waals surface area contributed by atoms with E-state index in [0.717, 1.165) is 11.3 Å². The van der Waals surface area contributed by atoms with Crippen molar-refractivity contribution in [1.82, 2.24) is 4.98 Å². The van der Waals surface area contributed by atoms with Crippen molar-refractivity contribution >= 4 is 29.1 Å². The van der Waals surface area contributed by atoms with Crippen LogP contribution in [-0.4, -0.2) is 21.6 Å². The number of nitrogens with zero attached hydrogens (tertiary/aromatic N) is 1. The lowest BCUT2D eigenvalue weighted by Crippen LogP contribution is -1.99. The highest BCUT2D eigenvalue weighted by molar-refractivity contribution is 8.00. The number of alkyl halides is 3. The molecule has 0 unspecified atom stereocenters. The molecule has 1 aromatic heterocycles. The summed E-state index contributed by atoms with van der Waals surface area (Å²) in [4.78, 5) is 15.1. The fourth-order valence-corrected chi connectivity index (χ4v) is 2.74. The average Bonchev–Trinajstić information content (AvgIpc) is 2.76. The molecule has 0 atom stereocenters. The average molecular weight is 305 g/mol. The third-order valence-electron chi connectivity index (χ3n) is 2.12. The topological polar surface area (TPSA) is 50.2 Å². The minimum Gasteiger partial charge on any atom is -0.476 e. The fourth-order valence-electron chi connectivity index (χ4n) is 1.41. The molecule has 0 amide bonds. The molecular weight excluding hydrogens is 299 g/mol. The largest absolute Gasteiger partial charge is 0.476 e. The number of hydrogen-bond donors (Lipinski definition) is 1. The molecule has 1 aromatic carbocycles. The molecule has 2 aromatic rings. The van der Waals surface area contributed by atoms with Gasteiger partial charge in [0.15, 0.2) is 5.69 Å². The van der Waals surface area contributed by atoms with Gasteiger partial charge in [0.1, 0.15) is 0 Å². The Bertz CT molecular complexity index is 593. The lowest BCUT2D eigenvalue weighted by atomic mass is 10.1. The lowest BCUT2D eigenvalue weighted by molar-refractivity contribution is -0.0328. The van der Waals surface area contributed by atoms with E-state index in [-0.39, 0.29) is 22.4 Å². The van der Waals surface area contributed by atoms with Gasteiger partial charge in [-0.3, -0.25) is 0 Å². The van der Waals surface area contributed by atoms with E-state index in [9.17, 15) is 18.0 Å². The van der Waals surface area contributed by atoms with Gasteiger partial charge in [0.2, 0.25) is 0 Å². The first-order valence-electron chi connectivity index (χ1n) is 4.90. The van der Waals surface area contributed by atoms with Crippen molar-refractivity contribution < 1.29 is 23.1 Å². The number of rotatable bonds is 3. The minimum atomic E-state index is -4.34. The molecule has 19 heavy (non-hydrogen) atoms. The summed E-state index contributed by atoms with van der Waals surface area (Å²) in [5, 5.41) is 8.91. The van der Waals surface area contributed by atoms with Crippen LogP contribution in [0.25, 0.3) is 10.4 Å². The maximum absolute atomic E-state index is 12.2. The molecule has 2 rings (SSSR count). The van der Waals surface area contributed by atoms with E-state index in [0.29, 0.717) is 10.4 Å². The van der Waals surface area contributed by atoms with Crippen molar-refractivity contribution in [3.05, 3.63) is 35.5 Å². The smallest absolute Gasteiger partial charge is 0.446 e. The number of aromatic carboxylic acids is 1. The lowest BCUT2D eigenvalue weighted by Gasteiger charge is -2.06. The van der Waals surface area contributed by atoms with Crippen LogP contribution >= 0.6 is 23.1 Å². The Labute approximate surface area is 114 Å². The Morgan fingerprint density at radius 2 is 1.89 bits per heavy atom. The van der Waals surface area contributed by atoms with Gasteiger partial charge >= 0.3 is 11.5 Å². The maximum Gasteiger partial charge on any atom is 0.446 e. The summed E-state index contributed by atoms with van der Waals surface area (Å²) in [5.74, 6) is -1.16. The number of hydrogen-bond acceptors (Lipinski definition) is 4. The van der Waals surface area contributed by atoms with E-state index in [2.05, 4.69) is 4.98 Å². The Morgan fingerprint density at radius 3 is 2.42 bits per heavy atom. The van der Waals surface area contributed by atoms with Crippen LogP contribution in [0.5, 0.6) is 0 Å². The van der Waals surface area contributed by atoms with Gasteiger partial charge in [-0.2, -0.15) is 13.2 Å². The summed E-state index contributed by atoms with van der Waals surface area (Å²) in [7, 11) is 0. The molecule has 0 aliphatic rings. The number of carbonyl (C=O) groups is 1. The van der Waals surface area contributed by atoms with Crippen LogP contribution in [0.2, 0.25) is 0 Å². The van der Waals surface area contributed by atoms with Crippen molar-refractivity contribution in [2.24, 2.45) is 0 Å². The SMILES string of the molecule is O=C(O)c1ncsc1-c1ccc(SC(F)(F)F)cc1. The van der Waals surface area contributed by atoms with E-state index in [4.69, 9.17) is 5.11 Å². The van der Waals surface area contributed by atoms with Crippen molar-refractivity contribution in [1.29, 1.82) is 0 Å². The van der Waals surface area contributed by atoms with Crippen LogP contribution in [0, 0.1) is 0 Å². The maximum atomic E-state index is 12.2. The van der Waals surface area contributed by atoms with Crippen LogP contribution in [-0.2, 0) is 0 Å². The van der Waals surface area contributed by atoms with Gasteiger partial charge in [-0.25, -0.2) is 9.78 Å². The molecule has 0 radical (unpaired) electrons. The van der Waals surface area contributed by atoms with Crippen molar-refractivity contribution in [2.45, 2.75) is 10.4 Å². The number of aromatic nitrogens is 1. The second-order valence-electron chi connectivity index (χ2n) is 3.41. The molecule has 0 saturated heterocycles. The first-order valence-corrected chi connectivity index (χ1v) is 6.59. The summed E-state index contributed by atoms with van der Waals surface area (Å²) in [6.45, 7) is 0.